The van der Waals surface area contributed by atoms with Crippen LogP contribution < -0.4 is 10.2 Å². The lowest BCUT2D eigenvalue weighted by molar-refractivity contribution is 0.0955. The molecule has 0 radical (unpaired) electrons. The molecule has 1 saturated heterocycles. The monoisotopic (exact) mass is 345 g/mol. The minimum absolute atomic E-state index is 0.0707. The van der Waals surface area contributed by atoms with Gasteiger partial charge in [-0.1, -0.05) is 0 Å². The van der Waals surface area contributed by atoms with Gasteiger partial charge in [0.1, 0.15) is 10.8 Å². The number of thiazole rings is 1. The molecule has 0 aromatic carbocycles. The summed E-state index contributed by atoms with van der Waals surface area (Å²) in [5.41, 5.74) is 0.608. The van der Waals surface area contributed by atoms with Gasteiger partial charge in [-0.05, 0) is 26.0 Å². The topological polar surface area (TPSA) is 61.4 Å². The first-order chi connectivity index (χ1) is 11.7. The fourth-order valence-electron chi connectivity index (χ4n) is 2.91. The Balaban J connectivity index is 1.57. The number of carbonyl (C=O) groups is 1. The molecule has 1 fully saturated rings. The van der Waals surface area contributed by atoms with E-state index in [9.17, 15) is 4.79 Å². The van der Waals surface area contributed by atoms with E-state index in [1.807, 2.05) is 30.6 Å². The van der Waals surface area contributed by atoms with Crippen molar-refractivity contribution in [3.8, 4) is 0 Å². The van der Waals surface area contributed by atoms with Crippen molar-refractivity contribution in [1.82, 2.24) is 20.2 Å². The van der Waals surface area contributed by atoms with Crippen molar-refractivity contribution >= 4 is 23.1 Å². The second-order valence-corrected chi connectivity index (χ2v) is 6.76. The number of nitrogens with zero attached hydrogens (tertiary/aromatic N) is 4. The molecule has 128 valence electrons. The highest BCUT2D eigenvalue weighted by atomic mass is 32.1. The Hall–Kier alpha value is -1.99. The van der Waals surface area contributed by atoms with Crippen LogP contribution in [0.2, 0.25) is 0 Å². The Morgan fingerprint density at radius 1 is 1.29 bits per heavy atom. The quantitative estimate of drug-likeness (QED) is 0.900. The molecular weight excluding hydrogens is 322 g/mol. The van der Waals surface area contributed by atoms with Gasteiger partial charge in [0.05, 0.1) is 11.6 Å². The van der Waals surface area contributed by atoms with Crippen molar-refractivity contribution in [2.75, 3.05) is 37.6 Å². The zero-order valence-corrected chi connectivity index (χ0v) is 14.9. The number of nitrogens with one attached hydrogen (secondary N) is 1. The lowest BCUT2D eigenvalue weighted by Gasteiger charge is -2.38. The van der Waals surface area contributed by atoms with Gasteiger partial charge in [-0.25, -0.2) is 9.97 Å². The summed E-state index contributed by atoms with van der Waals surface area (Å²) in [6.07, 6.45) is 3.53. The maximum atomic E-state index is 11.8. The van der Waals surface area contributed by atoms with Gasteiger partial charge < -0.3 is 10.2 Å². The van der Waals surface area contributed by atoms with Gasteiger partial charge >= 0.3 is 0 Å². The molecule has 1 amide bonds. The number of piperazine rings is 1. The lowest BCUT2D eigenvalue weighted by atomic mass is 10.2. The smallest absolute Gasteiger partial charge is 0.252 e. The molecule has 1 aliphatic rings. The summed E-state index contributed by atoms with van der Waals surface area (Å²) < 4.78 is 0. The molecular formula is C17H23N5OS. The lowest BCUT2D eigenvalue weighted by Crippen LogP contribution is -2.47. The number of carbonyl (C=O) groups excluding carboxylic acids is 1. The van der Waals surface area contributed by atoms with Crippen LogP contribution in [0.5, 0.6) is 0 Å². The van der Waals surface area contributed by atoms with Crippen LogP contribution in [0.3, 0.4) is 0 Å². The molecule has 7 heteroatoms. The molecule has 24 heavy (non-hydrogen) atoms. The van der Waals surface area contributed by atoms with Gasteiger partial charge in [0.15, 0.2) is 0 Å². The molecule has 0 bridgehead atoms. The number of rotatable bonds is 5. The molecule has 0 spiro atoms. The van der Waals surface area contributed by atoms with Crippen LogP contribution in [-0.2, 0) is 0 Å². The average molecular weight is 345 g/mol. The number of anilines is 1. The van der Waals surface area contributed by atoms with Crippen LogP contribution in [-0.4, -0.2) is 53.5 Å². The van der Waals surface area contributed by atoms with Gasteiger partial charge in [0, 0.05) is 50.5 Å². The number of hydrogen-bond acceptors (Lipinski definition) is 6. The third-order valence-corrected chi connectivity index (χ3v) is 5.29. The largest absolute Gasteiger partial charge is 0.354 e. The molecule has 0 aliphatic carbocycles. The van der Waals surface area contributed by atoms with E-state index in [4.69, 9.17) is 0 Å². The van der Waals surface area contributed by atoms with Crippen LogP contribution in [0, 0.1) is 0 Å². The number of hydrogen-bond donors (Lipinski definition) is 1. The number of aromatic nitrogens is 2. The SMILES string of the molecule is CCNC(=O)c1ccc(N2CCN(C(C)c3nccs3)CC2)nc1. The van der Waals surface area contributed by atoms with Crippen LogP contribution in [0.1, 0.15) is 35.3 Å². The summed E-state index contributed by atoms with van der Waals surface area (Å²) in [6, 6.07) is 4.14. The molecule has 1 aliphatic heterocycles. The van der Waals surface area contributed by atoms with E-state index in [1.54, 1.807) is 17.5 Å². The minimum atomic E-state index is -0.0707. The van der Waals surface area contributed by atoms with E-state index in [-0.39, 0.29) is 5.91 Å². The first kappa shape index (κ1) is 16.9. The van der Waals surface area contributed by atoms with Crippen molar-refractivity contribution in [3.05, 3.63) is 40.5 Å². The second kappa shape index (κ2) is 7.72. The molecule has 1 unspecified atom stereocenters. The van der Waals surface area contributed by atoms with Gasteiger partial charge in [-0.3, -0.25) is 9.69 Å². The maximum absolute atomic E-state index is 11.8. The number of amides is 1. The Labute approximate surface area is 146 Å². The highest BCUT2D eigenvalue weighted by Gasteiger charge is 2.24. The van der Waals surface area contributed by atoms with E-state index < -0.39 is 0 Å². The van der Waals surface area contributed by atoms with E-state index in [2.05, 4.69) is 32.0 Å². The summed E-state index contributed by atoms with van der Waals surface area (Å²) in [5, 5.41) is 5.99. The third kappa shape index (κ3) is 3.73. The summed E-state index contributed by atoms with van der Waals surface area (Å²) in [6.45, 7) is 8.59. The van der Waals surface area contributed by atoms with Crippen LogP contribution in [0.4, 0.5) is 5.82 Å². The highest BCUT2D eigenvalue weighted by molar-refractivity contribution is 7.09. The van der Waals surface area contributed by atoms with Crippen LogP contribution >= 0.6 is 11.3 Å². The first-order valence-electron chi connectivity index (χ1n) is 8.31. The Kier molecular flexibility index (Phi) is 5.42. The van der Waals surface area contributed by atoms with Gasteiger partial charge in [0.2, 0.25) is 0 Å². The molecule has 1 N–H and O–H groups in total. The maximum Gasteiger partial charge on any atom is 0.252 e. The van der Waals surface area contributed by atoms with E-state index in [1.165, 1.54) is 5.01 Å². The minimum Gasteiger partial charge on any atom is -0.354 e. The zero-order valence-electron chi connectivity index (χ0n) is 14.1. The fraction of sp³-hybridized carbons (Fsp3) is 0.471. The van der Waals surface area contributed by atoms with Gasteiger partial charge in [0.25, 0.3) is 5.91 Å². The Bertz CT molecular complexity index is 650. The molecule has 1 atom stereocenters. The predicted octanol–water partition coefficient (Wildman–Crippen LogP) is 2.17. The van der Waals surface area contributed by atoms with Crippen molar-refractivity contribution < 1.29 is 4.79 Å². The third-order valence-electron chi connectivity index (χ3n) is 4.34. The van der Waals surface area contributed by atoms with Gasteiger partial charge in [-0.15, -0.1) is 11.3 Å². The van der Waals surface area contributed by atoms with Crippen LogP contribution in [0.25, 0.3) is 0 Å². The van der Waals surface area contributed by atoms with Gasteiger partial charge in [-0.2, -0.15) is 0 Å². The van der Waals surface area contributed by atoms with E-state index in [0.717, 1.165) is 32.0 Å². The molecule has 3 heterocycles. The van der Waals surface area contributed by atoms with E-state index in [0.29, 0.717) is 18.2 Å². The molecule has 2 aromatic rings. The summed E-state index contributed by atoms with van der Waals surface area (Å²) in [5.74, 6) is 0.864. The Morgan fingerprint density at radius 3 is 2.67 bits per heavy atom. The predicted molar refractivity (Wildman–Crippen MR) is 96.6 cm³/mol. The average Bonchev–Trinajstić information content (AvgIpc) is 3.16. The molecule has 6 nitrogen and oxygen atoms in total. The summed E-state index contributed by atoms with van der Waals surface area (Å²) in [7, 11) is 0. The van der Waals surface area contributed by atoms with Crippen LogP contribution in [0.15, 0.2) is 29.9 Å². The molecule has 0 saturated carbocycles. The summed E-state index contributed by atoms with van der Waals surface area (Å²) >= 11 is 1.71. The molecule has 3 rings (SSSR count). The highest BCUT2D eigenvalue weighted by Crippen LogP contribution is 2.24. The van der Waals surface area contributed by atoms with Crippen molar-refractivity contribution in [2.45, 2.75) is 19.9 Å². The fourth-order valence-corrected chi connectivity index (χ4v) is 3.63. The molecule has 2 aromatic heterocycles. The summed E-state index contributed by atoms with van der Waals surface area (Å²) in [4.78, 5) is 25.4. The van der Waals surface area contributed by atoms with E-state index >= 15 is 0 Å². The standard InChI is InChI=1S/C17H23N5OS/c1-3-18-16(23)14-4-5-15(20-12-14)22-9-7-21(8-10-22)13(2)17-19-6-11-24-17/h4-6,11-13H,3,7-10H2,1-2H3,(H,18,23). The first-order valence-corrected chi connectivity index (χ1v) is 9.19. The number of pyridine rings is 1. The van der Waals surface area contributed by atoms with Crippen molar-refractivity contribution in [3.63, 3.8) is 0 Å². The normalized spacial score (nSPS) is 16.8. The Morgan fingerprint density at radius 2 is 2.08 bits per heavy atom. The second-order valence-electron chi connectivity index (χ2n) is 5.83. The zero-order chi connectivity index (χ0) is 16.9. The van der Waals surface area contributed by atoms with Crippen molar-refractivity contribution in [1.29, 1.82) is 0 Å². The van der Waals surface area contributed by atoms with Crippen molar-refractivity contribution in [2.24, 2.45) is 0 Å².